The first kappa shape index (κ1) is 22.4. The minimum atomic E-state index is -0.120. The maximum Gasteiger partial charge on any atom is 0.240 e. The molecule has 0 aliphatic heterocycles. The van der Waals surface area contributed by atoms with Crippen LogP contribution >= 0.6 is 11.8 Å². The number of benzene rings is 3. The molecule has 0 heterocycles. The number of hydrazone groups is 1. The van der Waals surface area contributed by atoms with Crippen LogP contribution in [-0.4, -0.2) is 25.0 Å². The molecule has 1 amide bonds. The van der Waals surface area contributed by atoms with E-state index in [-0.39, 0.29) is 5.91 Å². The summed E-state index contributed by atoms with van der Waals surface area (Å²) in [6.45, 7) is 2.52. The lowest BCUT2D eigenvalue weighted by Crippen LogP contribution is -2.17. The maximum absolute atomic E-state index is 12.0. The lowest BCUT2D eigenvalue weighted by atomic mass is 10.2. The number of rotatable bonds is 10. The molecule has 3 aromatic rings. The minimum Gasteiger partial charge on any atom is -0.493 e. The Kier molecular flexibility index (Phi) is 8.55. The summed E-state index contributed by atoms with van der Waals surface area (Å²) >= 11 is 1.65. The SMILES string of the molecule is COc1cc(/C=N\NC(=O)CCSc2ccc(C)cc2)ccc1OCc1ccccc1. The summed E-state index contributed by atoms with van der Waals surface area (Å²) in [7, 11) is 1.60. The summed E-state index contributed by atoms with van der Waals surface area (Å²) in [5, 5.41) is 4.05. The summed E-state index contributed by atoms with van der Waals surface area (Å²) in [5.41, 5.74) is 5.68. The van der Waals surface area contributed by atoms with Crippen LogP contribution in [0.4, 0.5) is 0 Å². The Morgan fingerprint density at radius 3 is 2.55 bits per heavy atom. The third-order valence-electron chi connectivity index (χ3n) is 4.45. The van der Waals surface area contributed by atoms with Gasteiger partial charge in [0.25, 0.3) is 0 Å². The Morgan fingerprint density at radius 2 is 1.81 bits per heavy atom. The maximum atomic E-state index is 12.0. The van der Waals surface area contributed by atoms with Crippen LogP contribution in [0, 0.1) is 6.92 Å². The van der Waals surface area contributed by atoms with Crippen LogP contribution in [0.3, 0.4) is 0 Å². The number of aryl methyl sites for hydroxylation is 1. The highest BCUT2D eigenvalue weighted by Crippen LogP contribution is 2.28. The van der Waals surface area contributed by atoms with Crippen molar-refractivity contribution in [3.8, 4) is 11.5 Å². The van der Waals surface area contributed by atoms with Crippen LogP contribution in [0.15, 0.2) is 82.8 Å². The van der Waals surface area contributed by atoms with E-state index in [1.54, 1.807) is 25.1 Å². The van der Waals surface area contributed by atoms with Crippen molar-refractivity contribution < 1.29 is 14.3 Å². The van der Waals surface area contributed by atoms with E-state index in [0.717, 1.165) is 16.0 Å². The van der Waals surface area contributed by atoms with Gasteiger partial charge in [0.05, 0.1) is 13.3 Å². The van der Waals surface area contributed by atoms with E-state index in [9.17, 15) is 4.79 Å². The lowest BCUT2D eigenvalue weighted by molar-refractivity contribution is -0.120. The average Bonchev–Trinajstić information content (AvgIpc) is 2.80. The van der Waals surface area contributed by atoms with E-state index in [2.05, 4.69) is 41.7 Å². The number of amides is 1. The molecule has 0 fully saturated rings. The van der Waals surface area contributed by atoms with E-state index in [0.29, 0.717) is 30.3 Å². The molecule has 1 N–H and O–H groups in total. The van der Waals surface area contributed by atoms with Crippen LogP contribution in [0.25, 0.3) is 0 Å². The van der Waals surface area contributed by atoms with Crippen molar-refractivity contribution in [3.05, 3.63) is 89.5 Å². The fourth-order valence-corrected chi connectivity index (χ4v) is 3.60. The predicted molar refractivity (Wildman–Crippen MR) is 126 cm³/mol. The zero-order chi connectivity index (χ0) is 21.9. The van der Waals surface area contributed by atoms with E-state index < -0.39 is 0 Å². The highest BCUT2D eigenvalue weighted by atomic mass is 32.2. The van der Waals surface area contributed by atoms with Gasteiger partial charge >= 0.3 is 0 Å². The summed E-state index contributed by atoms with van der Waals surface area (Å²) in [6, 6.07) is 23.7. The van der Waals surface area contributed by atoms with Gasteiger partial charge in [-0.3, -0.25) is 4.79 Å². The molecule has 160 valence electrons. The van der Waals surface area contributed by atoms with Gasteiger partial charge in [0, 0.05) is 17.1 Å². The van der Waals surface area contributed by atoms with Crippen LogP contribution in [-0.2, 0) is 11.4 Å². The first-order valence-electron chi connectivity index (χ1n) is 10.00. The highest BCUT2D eigenvalue weighted by Gasteiger charge is 2.06. The van der Waals surface area contributed by atoms with E-state index in [4.69, 9.17) is 9.47 Å². The molecule has 0 atom stereocenters. The average molecular weight is 435 g/mol. The standard InChI is InChI=1S/C25H26N2O3S/c1-19-8-11-22(12-9-19)31-15-14-25(28)27-26-17-21-10-13-23(24(16-21)29-2)30-18-20-6-4-3-5-7-20/h3-13,16-17H,14-15,18H2,1-2H3,(H,27,28)/b26-17-. The summed E-state index contributed by atoms with van der Waals surface area (Å²) in [6.07, 6.45) is 1.99. The van der Waals surface area contributed by atoms with Crippen molar-refractivity contribution in [2.75, 3.05) is 12.9 Å². The van der Waals surface area contributed by atoms with Crippen LogP contribution in [0.1, 0.15) is 23.1 Å². The minimum absolute atomic E-state index is 0.120. The first-order chi connectivity index (χ1) is 15.1. The Morgan fingerprint density at radius 1 is 1.03 bits per heavy atom. The predicted octanol–water partition coefficient (Wildman–Crippen LogP) is 5.22. The molecule has 3 aromatic carbocycles. The van der Waals surface area contributed by atoms with Gasteiger partial charge in [0.1, 0.15) is 6.61 Å². The number of hydrogen-bond acceptors (Lipinski definition) is 5. The van der Waals surface area contributed by atoms with Crippen LogP contribution in [0.5, 0.6) is 11.5 Å². The van der Waals surface area contributed by atoms with Gasteiger partial charge < -0.3 is 9.47 Å². The largest absolute Gasteiger partial charge is 0.493 e. The molecule has 0 spiro atoms. The number of ether oxygens (including phenoxy) is 2. The van der Waals surface area contributed by atoms with Crippen molar-refractivity contribution in [1.82, 2.24) is 5.43 Å². The molecule has 3 rings (SSSR count). The fourth-order valence-electron chi connectivity index (χ4n) is 2.75. The molecule has 0 unspecified atom stereocenters. The normalized spacial score (nSPS) is 10.8. The van der Waals surface area contributed by atoms with E-state index in [1.165, 1.54) is 5.56 Å². The quantitative estimate of drug-likeness (QED) is 0.270. The zero-order valence-electron chi connectivity index (χ0n) is 17.7. The van der Waals surface area contributed by atoms with Crippen molar-refractivity contribution in [2.24, 2.45) is 5.10 Å². The molecule has 0 saturated carbocycles. The monoisotopic (exact) mass is 434 g/mol. The Balaban J connectivity index is 1.46. The summed E-state index contributed by atoms with van der Waals surface area (Å²) in [5.74, 6) is 1.85. The Hall–Kier alpha value is -3.25. The molecule has 0 aromatic heterocycles. The molecular formula is C25H26N2O3S. The second-order valence-electron chi connectivity index (χ2n) is 6.89. The van der Waals surface area contributed by atoms with Crippen LogP contribution in [0.2, 0.25) is 0 Å². The number of carbonyl (C=O) groups is 1. The molecular weight excluding hydrogens is 408 g/mol. The molecule has 6 heteroatoms. The second-order valence-corrected chi connectivity index (χ2v) is 8.06. The highest BCUT2D eigenvalue weighted by molar-refractivity contribution is 7.99. The number of thioether (sulfide) groups is 1. The van der Waals surface area contributed by atoms with Gasteiger partial charge in [-0.2, -0.15) is 5.10 Å². The van der Waals surface area contributed by atoms with Gasteiger partial charge in [0.15, 0.2) is 11.5 Å². The van der Waals surface area contributed by atoms with E-state index in [1.807, 2.05) is 48.5 Å². The molecule has 0 saturated heterocycles. The number of methoxy groups -OCH3 is 1. The number of nitrogens with one attached hydrogen (secondary N) is 1. The second kappa shape index (κ2) is 11.8. The van der Waals surface area contributed by atoms with E-state index >= 15 is 0 Å². The van der Waals surface area contributed by atoms with Gasteiger partial charge in [-0.05, 0) is 48.4 Å². The lowest BCUT2D eigenvalue weighted by Gasteiger charge is -2.11. The molecule has 0 aliphatic carbocycles. The van der Waals surface area contributed by atoms with Gasteiger partial charge in [-0.25, -0.2) is 5.43 Å². The van der Waals surface area contributed by atoms with Crippen molar-refractivity contribution in [2.45, 2.75) is 24.8 Å². The third kappa shape index (κ3) is 7.50. The van der Waals surface area contributed by atoms with Crippen LogP contribution < -0.4 is 14.9 Å². The Labute approximate surface area is 187 Å². The fraction of sp³-hybridized carbons (Fsp3) is 0.200. The molecule has 0 radical (unpaired) electrons. The van der Waals surface area contributed by atoms with Gasteiger partial charge in [-0.1, -0.05) is 48.0 Å². The van der Waals surface area contributed by atoms with Crippen molar-refractivity contribution in [3.63, 3.8) is 0 Å². The number of hydrogen-bond donors (Lipinski definition) is 1. The summed E-state index contributed by atoms with van der Waals surface area (Å²) < 4.78 is 11.3. The third-order valence-corrected chi connectivity index (χ3v) is 5.46. The number of carbonyl (C=O) groups excluding carboxylic acids is 1. The van der Waals surface area contributed by atoms with Crippen molar-refractivity contribution in [1.29, 1.82) is 0 Å². The van der Waals surface area contributed by atoms with Gasteiger partial charge in [0.2, 0.25) is 5.91 Å². The molecule has 5 nitrogen and oxygen atoms in total. The topological polar surface area (TPSA) is 59.9 Å². The first-order valence-corrected chi connectivity index (χ1v) is 11.0. The summed E-state index contributed by atoms with van der Waals surface area (Å²) in [4.78, 5) is 13.1. The molecule has 0 aliphatic rings. The molecule has 0 bridgehead atoms. The molecule has 31 heavy (non-hydrogen) atoms. The smallest absolute Gasteiger partial charge is 0.240 e. The van der Waals surface area contributed by atoms with Gasteiger partial charge in [-0.15, -0.1) is 11.8 Å². The zero-order valence-corrected chi connectivity index (χ0v) is 18.5. The number of nitrogens with zero attached hydrogens (tertiary/aromatic N) is 1. The Bertz CT molecular complexity index is 1010. The van der Waals surface area contributed by atoms with Crippen molar-refractivity contribution >= 4 is 23.9 Å².